The molecule has 0 fully saturated rings. The summed E-state index contributed by atoms with van der Waals surface area (Å²) in [4.78, 5) is 0. The minimum atomic E-state index is 0. The Morgan fingerprint density at radius 2 is 1.05 bits per heavy atom. The van der Waals surface area contributed by atoms with Gasteiger partial charge in [0.2, 0.25) is 0 Å². The van der Waals surface area contributed by atoms with Gasteiger partial charge in [-0.25, -0.2) is 24.3 Å². The molecule has 0 aromatic heterocycles. The summed E-state index contributed by atoms with van der Waals surface area (Å²) in [5.74, 6) is 0. The van der Waals surface area contributed by atoms with E-state index in [1.54, 1.807) is 0 Å². The average molecular weight is 375 g/mol. The van der Waals surface area contributed by atoms with E-state index in [1.807, 2.05) is 0 Å². The molecule has 2 aromatic rings. The van der Waals surface area contributed by atoms with Crippen molar-refractivity contribution in [2.75, 3.05) is 0 Å². The molecule has 1 radical (unpaired) electrons. The normalized spacial score (nSPS) is 7.50. The smallest absolute Gasteiger partial charge is 1.00 e. The molecule has 111 valence electrons. The fraction of sp³-hybridized carbons (Fsp3) is 0.375. The van der Waals surface area contributed by atoms with Crippen LogP contribution in [0.15, 0.2) is 36.4 Å². The Kier molecular flexibility index (Phi) is 23.3. The molecular weight excluding hydrogens is 349 g/mol. The molecule has 2 rings (SSSR count). The van der Waals surface area contributed by atoms with Gasteiger partial charge in [-0.15, -0.1) is 0 Å². The summed E-state index contributed by atoms with van der Waals surface area (Å²) < 4.78 is 0. The first kappa shape index (κ1) is 27.9. The van der Waals surface area contributed by atoms with Crippen LogP contribution in [0.2, 0.25) is 13.1 Å². The van der Waals surface area contributed by atoms with Crippen molar-refractivity contribution in [3.05, 3.63) is 58.7 Å². The largest absolute Gasteiger partial charge is 4.00 e. The first-order valence-electron chi connectivity index (χ1n) is 6.14. The third kappa shape index (κ3) is 12.7. The molecule has 20 heavy (non-hydrogen) atoms. The van der Waals surface area contributed by atoms with Crippen LogP contribution >= 0.6 is 0 Å². The van der Waals surface area contributed by atoms with Gasteiger partial charge in [0, 0.05) is 9.52 Å². The van der Waals surface area contributed by atoms with Crippen LogP contribution in [0.1, 0.15) is 22.3 Å². The van der Waals surface area contributed by atoms with E-state index in [2.05, 4.69) is 77.2 Å². The SMILES string of the molecule is C[SiH]C.Cc1ccc[c-]1C.Cc1ccc[c-]1C.[F-].[F-].[Zr+4]. The van der Waals surface area contributed by atoms with E-state index in [-0.39, 0.29) is 35.6 Å². The maximum Gasteiger partial charge on any atom is 4.00 e. The Labute approximate surface area is 144 Å². The molecule has 0 bridgehead atoms. The van der Waals surface area contributed by atoms with Gasteiger partial charge in [-0.2, -0.15) is 34.4 Å². The van der Waals surface area contributed by atoms with Gasteiger partial charge in [0.25, 0.3) is 0 Å². The Balaban J connectivity index is -0.0000000956. The zero-order chi connectivity index (χ0) is 13.3. The third-order valence-corrected chi connectivity index (χ3v) is 2.63. The number of aryl methyl sites for hydroxylation is 4. The maximum absolute atomic E-state index is 2.21. The van der Waals surface area contributed by atoms with Crippen molar-refractivity contribution in [2.24, 2.45) is 0 Å². The molecule has 0 aliphatic rings. The summed E-state index contributed by atoms with van der Waals surface area (Å²) in [5, 5.41) is 0. The second-order valence-electron chi connectivity index (χ2n) is 4.36. The molecule has 0 atom stereocenters. The second-order valence-corrected chi connectivity index (χ2v) is 5.52. The summed E-state index contributed by atoms with van der Waals surface area (Å²) in [5.41, 5.74) is 5.56. The number of halogens is 2. The van der Waals surface area contributed by atoms with Gasteiger partial charge in [0.1, 0.15) is 0 Å². The maximum atomic E-state index is 2.21. The minimum absolute atomic E-state index is 0. The van der Waals surface area contributed by atoms with E-state index in [0.29, 0.717) is 0 Å². The zero-order valence-electron chi connectivity index (χ0n) is 13.3. The molecule has 0 aliphatic heterocycles. The Bertz CT molecular complexity index is 337. The zero-order valence-corrected chi connectivity index (χ0v) is 16.9. The molecule has 0 amide bonds. The van der Waals surface area contributed by atoms with E-state index in [0.717, 1.165) is 9.52 Å². The van der Waals surface area contributed by atoms with Crippen LogP contribution in [0.3, 0.4) is 0 Å². The molecule has 0 unspecified atom stereocenters. The predicted octanol–water partition coefficient (Wildman–Crippen LogP) is -1.43. The van der Waals surface area contributed by atoms with Crippen molar-refractivity contribution >= 4 is 9.52 Å². The van der Waals surface area contributed by atoms with Crippen LogP contribution < -0.4 is 9.41 Å². The molecule has 0 heterocycles. The fourth-order valence-corrected chi connectivity index (χ4v) is 1.20. The van der Waals surface area contributed by atoms with Gasteiger partial charge < -0.3 is 9.41 Å². The summed E-state index contributed by atoms with van der Waals surface area (Å²) in [6, 6.07) is 12.6. The van der Waals surface area contributed by atoms with Crippen molar-refractivity contribution in [2.45, 2.75) is 40.8 Å². The molecule has 0 saturated carbocycles. The summed E-state index contributed by atoms with van der Waals surface area (Å²) >= 11 is 0. The molecule has 0 spiro atoms. The number of rotatable bonds is 0. The molecule has 0 nitrogen and oxygen atoms in total. The second kappa shape index (κ2) is 16.7. The van der Waals surface area contributed by atoms with Gasteiger partial charge in [0.15, 0.2) is 0 Å². The monoisotopic (exact) mass is 373 g/mol. The van der Waals surface area contributed by atoms with Crippen LogP contribution in [0.4, 0.5) is 0 Å². The topological polar surface area (TPSA) is 0 Å². The Hall–Kier alpha value is -0.340. The van der Waals surface area contributed by atoms with Crippen molar-refractivity contribution in [3.63, 3.8) is 0 Å². The van der Waals surface area contributed by atoms with Crippen LogP contribution in [0, 0.1) is 27.7 Å². The number of hydrogen-bond acceptors (Lipinski definition) is 0. The number of hydrogen-bond donors (Lipinski definition) is 0. The van der Waals surface area contributed by atoms with Gasteiger partial charge in [0.05, 0.1) is 0 Å². The van der Waals surface area contributed by atoms with Gasteiger partial charge in [-0.05, 0) is 0 Å². The first-order valence-corrected chi connectivity index (χ1v) is 8.45. The standard InChI is InChI=1S/2C7H9.C2H7Si.2FH.Zr/c2*1-6-4-3-5-7(6)2;1-3-2;;;/h2*3-5H,1-2H3;3H,1-2H3;2*1H;/q2*-1;;;;+4/p-2. The summed E-state index contributed by atoms with van der Waals surface area (Å²) in [6.07, 6.45) is 0. The molecule has 4 heteroatoms. The summed E-state index contributed by atoms with van der Waals surface area (Å²) in [6.45, 7) is 12.9. The third-order valence-electron chi connectivity index (χ3n) is 2.63. The Morgan fingerprint density at radius 1 is 0.800 bits per heavy atom. The molecular formula is C16H25F2SiZr. The van der Waals surface area contributed by atoms with Gasteiger partial charge in [-0.1, -0.05) is 40.8 Å². The van der Waals surface area contributed by atoms with E-state index in [4.69, 9.17) is 0 Å². The molecule has 0 saturated heterocycles. The molecule has 0 aliphatic carbocycles. The van der Waals surface area contributed by atoms with Crippen LogP contribution in [-0.4, -0.2) is 9.52 Å². The van der Waals surface area contributed by atoms with Crippen LogP contribution in [0.25, 0.3) is 0 Å². The molecule has 2 aromatic carbocycles. The van der Waals surface area contributed by atoms with Crippen molar-refractivity contribution < 1.29 is 35.6 Å². The van der Waals surface area contributed by atoms with E-state index >= 15 is 0 Å². The van der Waals surface area contributed by atoms with E-state index < -0.39 is 0 Å². The average Bonchev–Trinajstić information content (AvgIpc) is 2.81. The van der Waals surface area contributed by atoms with Crippen molar-refractivity contribution in [1.29, 1.82) is 0 Å². The van der Waals surface area contributed by atoms with Crippen LogP contribution in [0.5, 0.6) is 0 Å². The van der Waals surface area contributed by atoms with Crippen LogP contribution in [-0.2, 0) is 26.2 Å². The molecule has 0 N–H and O–H groups in total. The summed E-state index contributed by atoms with van der Waals surface area (Å²) in [7, 11) is 0.750. The minimum Gasteiger partial charge on any atom is -1.00 e. The fourth-order valence-electron chi connectivity index (χ4n) is 1.20. The van der Waals surface area contributed by atoms with Gasteiger partial charge in [-0.3, -0.25) is 0 Å². The first-order chi connectivity index (χ1) is 8.02. The van der Waals surface area contributed by atoms with Gasteiger partial charge >= 0.3 is 26.2 Å². The van der Waals surface area contributed by atoms with Crippen molar-refractivity contribution in [3.8, 4) is 0 Å². The quantitative estimate of drug-likeness (QED) is 0.392. The van der Waals surface area contributed by atoms with E-state index in [1.165, 1.54) is 22.3 Å². The van der Waals surface area contributed by atoms with E-state index in [9.17, 15) is 0 Å². The van der Waals surface area contributed by atoms with Crippen molar-refractivity contribution in [1.82, 2.24) is 0 Å². The predicted molar refractivity (Wildman–Crippen MR) is 81.9 cm³/mol. The Morgan fingerprint density at radius 3 is 1.10 bits per heavy atom.